The molecule has 6 nitrogen and oxygen atoms in total. The van der Waals surface area contributed by atoms with Gasteiger partial charge in [-0.3, -0.25) is 0 Å². The number of hydrogen-bond donors (Lipinski definition) is 2. The topological polar surface area (TPSA) is 92.7 Å². The maximum absolute atomic E-state index is 12.1. The van der Waals surface area contributed by atoms with Crippen LogP contribution < -0.4 is 5.32 Å². The van der Waals surface area contributed by atoms with Gasteiger partial charge in [-0.15, -0.1) is 0 Å². The SMILES string of the molecule is CC(C)(C)OC(=O)NC(CO)c1ccc(S(=O)(=O)C2CC2)cc1. The van der Waals surface area contributed by atoms with Crippen molar-refractivity contribution in [1.29, 1.82) is 0 Å². The average Bonchev–Trinajstić information content (AvgIpc) is 3.28. The molecule has 0 heterocycles. The number of rotatable bonds is 5. The number of hydrogen-bond acceptors (Lipinski definition) is 5. The highest BCUT2D eigenvalue weighted by molar-refractivity contribution is 7.92. The molecule has 0 saturated heterocycles. The van der Waals surface area contributed by atoms with Crippen molar-refractivity contribution in [1.82, 2.24) is 5.32 Å². The molecular weight excluding hydrogens is 318 g/mol. The lowest BCUT2D eigenvalue weighted by Crippen LogP contribution is -2.36. The van der Waals surface area contributed by atoms with Crippen molar-refractivity contribution >= 4 is 15.9 Å². The lowest BCUT2D eigenvalue weighted by atomic mass is 10.1. The fourth-order valence-corrected chi connectivity index (χ4v) is 3.80. The summed E-state index contributed by atoms with van der Waals surface area (Å²) in [5.41, 5.74) is -0.0140. The van der Waals surface area contributed by atoms with Crippen molar-refractivity contribution in [2.45, 2.75) is 55.4 Å². The fourth-order valence-electron chi connectivity index (χ4n) is 2.14. The summed E-state index contributed by atoms with van der Waals surface area (Å²) >= 11 is 0. The Hall–Kier alpha value is -1.60. The first-order valence-electron chi connectivity index (χ1n) is 7.58. The molecule has 1 unspecified atom stereocenters. The predicted molar refractivity (Wildman–Crippen MR) is 85.8 cm³/mol. The maximum Gasteiger partial charge on any atom is 0.408 e. The Morgan fingerprint density at radius 2 is 1.87 bits per heavy atom. The molecule has 1 fully saturated rings. The highest BCUT2D eigenvalue weighted by Gasteiger charge is 2.36. The van der Waals surface area contributed by atoms with Crippen molar-refractivity contribution in [3.8, 4) is 0 Å². The van der Waals surface area contributed by atoms with Crippen LogP contribution in [0.1, 0.15) is 45.2 Å². The fraction of sp³-hybridized carbons (Fsp3) is 0.562. The van der Waals surface area contributed by atoms with Crippen LogP contribution in [0.25, 0.3) is 0 Å². The van der Waals surface area contributed by atoms with Crippen molar-refractivity contribution in [3.05, 3.63) is 29.8 Å². The summed E-state index contributed by atoms with van der Waals surface area (Å²) < 4.78 is 29.4. The summed E-state index contributed by atoms with van der Waals surface area (Å²) in [5.74, 6) is 0. The zero-order valence-electron chi connectivity index (χ0n) is 13.6. The minimum absolute atomic E-state index is 0.262. The summed E-state index contributed by atoms with van der Waals surface area (Å²) in [6, 6.07) is 5.59. The van der Waals surface area contributed by atoms with Crippen molar-refractivity contribution in [3.63, 3.8) is 0 Å². The molecule has 1 atom stereocenters. The molecule has 0 aromatic heterocycles. The minimum Gasteiger partial charge on any atom is -0.444 e. The van der Waals surface area contributed by atoms with E-state index in [1.807, 2.05) is 0 Å². The van der Waals surface area contributed by atoms with E-state index >= 15 is 0 Å². The summed E-state index contributed by atoms with van der Waals surface area (Å²) in [4.78, 5) is 12.1. The smallest absolute Gasteiger partial charge is 0.408 e. The van der Waals surface area contributed by atoms with Gasteiger partial charge in [0.15, 0.2) is 9.84 Å². The van der Waals surface area contributed by atoms with E-state index in [0.717, 1.165) is 0 Å². The number of benzene rings is 1. The summed E-state index contributed by atoms with van der Waals surface area (Å²) in [6.45, 7) is 4.93. The normalized spacial score (nSPS) is 16.7. The Labute approximate surface area is 136 Å². The first-order chi connectivity index (χ1) is 10.6. The number of ether oxygens (including phenoxy) is 1. The van der Waals surface area contributed by atoms with E-state index in [1.165, 1.54) is 12.1 Å². The van der Waals surface area contributed by atoms with E-state index in [-0.39, 0.29) is 16.8 Å². The second-order valence-electron chi connectivity index (χ2n) is 6.69. The van der Waals surface area contributed by atoms with E-state index in [0.29, 0.717) is 18.4 Å². The Morgan fingerprint density at radius 1 is 1.30 bits per heavy atom. The van der Waals surface area contributed by atoms with Crippen LogP contribution in [0.5, 0.6) is 0 Å². The highest BCUT2D eigenvalue weighted by Crippen LogP contribution is 2.33. The molecule has 23 heavy (non-hydrogen) atoms. The van der Waals surface area contributed by atoms with Gasteiger partial charge in [0.2, 0.25) is 0 Å². The molecule has 1 aliphatic carbocycles. The summed E-state index contributed by atoms with van der Waals surface area (Å²) in [7, 11) is -3.24. The number of aliphatic hydroxyl groups is 1. The van der Waals surface area contributed by atoms with Gasteiger partial charge in [0.1, 0.15) is 5.60 Å². The number of carbonyl (C=O) groups excluding carboxylic acids is 1. The van der Waals surface area contributed by atoms with Crippen molar-refractivity contribution in [2.24, 2.45) is 0 Å². The monoisotopic (exact) mass is 341 g/mol. The Bertz CT molecular complexity index is 657. The maximum atomic E-state index is 12.1. The minimum atomic E-state index is -3.24. The zero-order chi connectivity index (χ0) is 17.3. The number of amides is 1. The van der Waals surface area contributed by atoms with Gasteiger partial charge < -0.3 is 15.2 Å². The van der Waals surface area contributed by atoms with E-state index in [4.69, 9.17) is 4.74 Å². The molecule has 7 heteroatoms. The van der Waals surface area contributed by atoms with E-state index in [2.05, 4.69) is 5.32 Å². The molecule has 1 aromatic carbocycles. The van der Waals surface area contributed by atoms with Crippen molar-refractivity contribution in [2.75, 3.05) is 6.61 Å². The first-order valence-corrected chi connectivity index (χ1v) is 9.12. The summed E-state index contributed by atoms with van der Waals surface area (Å²) in [5, 5.41) is 11.8. The average molecular weight is 341 g/mol. The van der Waals surface area contributed by atoms with Crippen LogP contribution in [-0.4, -0.2) is 37.1 Å². The van der Waals surface area contributed by atoms with Crippen LogP contribution in [0.2, 0.25) is 0 Å². The molecular formula is C16H23NO5S. The van der Waals surface area contributed by atoms with Gasteiger partial charge in [-0.1, -0.05) is 12.1 Å². The molecule has 1 saturated carbocycles. The molecule has 2 N–H and O–H groups in total. The van der Waals surface area contributed by atoms with Crippen LogP contribution in [-0.2, 0) is 14.6 Å². The molecule has 1 amide bonds. The third kappa shape index (κ3) is 4.68. The number of carbonyl (C=O) groups is 1. The van der Waals surface area contributed by atoms with E-state index < -0.39 is 27.6 Å². The summed E-state index contributed by atoms with van der Waals surface area (Å²) in [6.07, 6.45) is 0.791. The quantitative estimate of drug-likeness (QED) is 0.856. The lowest BCUT2D eigenvalue weighted by Gasteiger charge is -2.23. The third-order valence-corrected chi connectivity index (χ3v) is 5.73. The van der Waals surface area contributed by atoms with Gasteiger partial charge in [-0.2, -0.15) is 0 Å². The van der Waals surface area contributed by atoms with Gasteiger partial charge in [0.05, 0.1) is 22.8 Å². The Balaban J connectivity index is 2.08. The molecule has 0 bridgehead atoms. The van der Waals surface area contributed by atoms with Gasteiger partial charge >= 0.3 is 6.09 Å². The number of aliphatic hydroxyl groups excluding tert-OH is 1. The number of sulfone groups is 1. The highest BCUT2D eigenvalue weighted by atomic mass is 32.2. The van der Waals surface area contributed by atoms with Gasteiger partial charge in [0, 0.05) is 0 Å². The Morgan fingerprint density at radius 3 is 2.30 bits per heavy atom. The number of alkyl carbamates (subject to hydrolysis) is 1. The predicted octanol–water partition coefficient (Wildman–Crippen LogP) is 2.18. The molecule has 0 aliphatic heterocycles. The second-order valence-corrected chi connectivity index (χ2v) is 8.92. The van der Waals surface area contributed by atoms with Crippen LogP contribution in [0.15, 0.2) is 29.2 Å². The molecule has 2 rings (SSSR count). The van der Waals surface area contributed by atoms with Crippen molar-refractivity contribution < 1.29 is 23.1 Å². The van der Waals surface area contributed by atoms with E-state index in [9.17, 15) is 18.3 Å². The molecule has 0 spiro atoms. The van der Waals surface area contributed by atoms with Crippen LogP contribution in [0.3, 0.4) is 0 Å². The molecule has 128 valence electrons. The molecule has 1 aromatic rings. The Kier molecular flexibility index (Phi) is 5.01. The standard InChI is InChI=1S/C16H23NO5S/c1-16(2,3)22-15(19)17-14(10-18)11-4-6-12(7-5-11)23(20,21)13-8-9-13/h4-7,13-14,18H,8-10H2,1-3H3,(H,17,19). The first kappa shape index (κ1) is 17.7. The number of nitrogens with one attached hydrogen (secondary N) is 1. The second kappa shape index (κ2) is 6.49. The zero-order valence-corrected chi connectivity index (χ0v) is 14.4. The third-order valence-electron chi connectivity index (χ3n) is 3.45. The van der Waals surface area contributed by atoms with Crippen LogP contribution in [0, 0.1) is 0 Å². The molecule has 0 radical (unpaired) electrons. The van der Waals surface area contributed by atoms with Crippen LogP contribution >= 0.6 is 0 Å². The van der Waals surface area contributed by atoms with Gasteiger partial charge in [-0.05, 0) is 51.3 Å². The molecule has 1 aliphatic rings. The van der Waals surface area contributed by atoms with E-state index in [1.54, 1.807) is 32.9 Å². The van der Waals surface area contributed by atoms with Gasteiger partial charge in [0.25, 0.3) is 0 Å². The van der Waals surface area contributed by atoms with Gasteiger partial charge in [-0.25, -0.2) is 13.2 Å². The lowest BCUT2D eigenvalue weighted by molar-refractivity contribution is 0.0482. The largest absolute Gasteiger partial charge is 0.444 e. The van der Waals surface area contributed by atoms with Crippen LogP contribution in [0.4, 0.5) is 4.79 Å².